The third-order valence-electron chi connectivity index (χ3n) is 8.06. The van der Waals surface area contributed by atoms with E-state index in [0.717, 1.165) is 17.6 Å². The van der Waals surface area contributed by atoms with E-state index >= 15 is 0 Å². The molecule has 1 spiro atoms. The number of fused-ring (bicyclic) bond motifs is 13. The minimum absolute atomic E-state index is 0.319. The van der Waals surface area contributed by atoms with Gasteiger partial charge in [0, 0.05) is 10.8 Å². The molecule has 0 atom stereocenters. The summed E-state index contributed by atoms with van der Waals surface area (Å²) in [6.45, 7) is 2.19. The first-order chi connectivity index (χ1) is 16.8. The largest absolute Gasteiger partial charge is 0.456 e. The van der Waals surface area contributed by atoms with E-state index in [0.29, 0.717) is 0 Å². The van der Waals surface area contributed by atoms with Crippen LogP contribution in [0.3, 0.4) is 0 Å². The third-order valence-corrected chi connectivity index (χ3v) is 8.06. The Morgan fingerprint density at radius 2 is 1.09 bits per heavy atom. The SMILES string of the molecule is CCc1ccc2c(c1)oc1cc3c(cc12)-c1ccccc1C31c2ccccc2-c2ccccc21. The zero-order valence-electron chi connectivity index (χ0n) is 18.9. The molecule has 0 aliphatic heterocycles. The molecule has 8 rings (SSSR count). The molecule has 0 saturated carbocycles. The Kier molecular flexibility index (Phi) is 3.38. The van der Waals surface area contributed by atoms with Gasteiger partial charge in [-0.2, -0.15) is 0 Å². The average molecular weight is 435 g/mol. The summed E-state index contributed by atoms with van der Waals surface area (Å²) in [7, 11) is 0. The van der Waals surface area contributed by atoms with Crippen LogP contribution in [0.4, 0.5) is 0 Å². The summed E-state index contributed by atoms with van der Waals surface area (Å²) in [5, 5.41) is 2.39. The number of rotatable bonds is 1. The van der Waals surface area contributed by atoms with Gasteiger partial charge in [-0.1, -0.05) is 91.9 Å². The number of furan rings is 1. The fourth-order valence-electron chi connectivity index (χ4n) is 6.63. The monoisotopic (exact) mass is 434 g/mol. The van der Waals surface area contributed by atoms with Crippen molar-refractivity contribution in [3.8, 4) is 22.3 Å². The summed E-state index contributed by atoms with van der Waals surface area (Å²) < 4.78 is 6.50. The van der Waals surface area contributed by atoms with E-state index < -0.39 is 0 Å². The molecule has 0 amide bonds. The summed E-state index contributed by atoms with van der Waals surface area (Å²) >= 11 is 0. The van der Waals surface area contributed by atoms with Crippen molar-refractivity contribution in [3.63, 3.8) is 0 Å². The van der Waals surface area contributed by atoms with Crippen LogP contribution in [0.15, 0.2) is 108 Å². The molecule has 6 aromatic rings. The summed E-state index contributed by atoms with van der Waals surface area (Å²) in [5.74, 6) is 0. The second-order valence-corrected chi connectivity index (χ2v) is 9.57. The fourth-order valence-corrected chi connectivity index (χ4v) is 6.63. The molecule has 5 aromatic carbocycles. The second kappa shape index (κ2) is 6.27. The molecular formula is C33H22O. The number of hydrogen-bond donors (Lipinski definition) is 0. The molecule has 2 aliphatic rings. The van der Waals surface area contributed by atoms with E-state index in [1.54, 1.807) is 0 Å². The predicted molar refractivity (Wildman–Crippen MR) is 139 cm³/mol. The minimum atomic E-state index is -0.319. The van der Waals surface area contributed by atoms with Crippen LogP contribution in [0.1, 0.15) is 34.7 Å². The minimum Gasteiger partial charge on any atom is -0.456 e. The van der Waals surface area contributed by atoms with Crippen molar-refractivity contribution in [3.05, 3.63) is 131 Å². The van der Waals surface area contributed by atoms with Crippen molar-refractivity contribution in [2.45, 2.75) is 18.8 Å². The van der Waals surface area contributed by atoms with Gasteiger partial charge in [0.2, 0.25) is 0 Å². The highest BCUT2D eigenvalue weighted by molar-refractivity contribution is 6.09. The van der Waals surface area contributed by atoms with E-state index in [9.17, 15) is 0 Å². The van der Waals surface area contributed by atoms with Crippen LogP contribution in [0.2, 0.25) is 0 Å². The lowest BCUT2D eigenvalue weighted by atomic mass is 9.70. The smallest absolute Gasteiger partial charge is 0.135 e. The summed E-state index contributed by atoms with van der Waals surface area (Å²) in [6.07, 6.45) is 1.01. The zero-order chi connectivity index (χ0) is 22.4. The van der Waals surface area contributed by atoms with Gasteiger partial charge >= 0.3 is 0 Å². The Morgan fingerprint density at radius 3 is 1.71 bits per heavy atom. The normalized spacial score (nSPS) is 14.4. The molecule has 0 fully saturated rings. The van der Waals surface area contributed by atoms with Gasteiger partial charge in [-0.25, -0.2) is 0 Å². The molecule has 0 radical (unpaired) electrons. The molecule has 0 bridgehead atoms. The Labute approximate surface area is 198 Å². The van der Waals surface area contributed by atoms with Gasteiger partial charge in [-0.05, 0) is 74.7 Å². The molecule has 1 heterocycles. The molecular weight excluding hydrogens is 412 g/mol. The highest BCUT2D eigenvalue weighted by Gasteiger charge is 2.51. The topological polar surface area (TPSA) is 13.1 Å². The van der Waals surface area contributed by atoms with Crippen molar-refractivity contribution < 1.29 is 4.42 Å². The van der Waals surface area contributed by atoms with Crippen molar-refractivity contribution in [1.29, 1.82) is 0 Å². The molecule has 34 heavy (non-hydrogen) atoms. The molecule has 1 nitrogen and oxygen atoms in total. The van der Waals surface area contributed by atoms with E-state index in [2.05, 4.69) is 110 Å². The summed E-state index contributed by atoms with van der Waals surface area (Å²) in [4.78, 5) is 0. The third kappa shape index (κ3) is 2.02. The molecule has 160 valence electrons. The number of benzene rings is 5. The van der Waals surface area contributed by atoms with Crippen LogP contribution < -0.4 is 0 Å². The Bertz CT molecular complexity index is 1750. The Balaban J connectivity index is 1.56. The molecule has 1 aromatic heterocycles. The van der Waals surface area contributed by atoms with Crippen LogP contribution in [-0.2, 0) is 11.8 Å². The lowest BCUT2D eigenvalue weighted by Crippen LogP contribution is -2.25. The molecule has 0 unspecified atom stereocenters. The van der Waals surface area contributed by atoms with Crippen molar-refractivity contribution >= 4 is 21.9 Å². The lowest BCUT2D eigenvalue weighted by molar-refractivity contribution is 0.666. The van der Waals surface area contributed by atoms with Gasteiger partial charge in [0.05, 0.1) is 5.41 Å². The fraction of sp³-hybridized carbons (Fsp3) is 0.0909. The zero-order valence-corrected chi connectivity index (χ0v) is 18.9. The van der Waals surface area contributed by atoms with Crippen LogP contribution in [0.5, 0.6) is 0 Å². The van der Waals surface area contributed by atoms with Gasteiger partial charge < -0.3 is 4.42 Å². The first kappa shape index (κ1) is 18.3. The Morgan fingerprint density at radius 1 is 0.529 bits per heavy atom. The van der Waals surface area contributed by atoms with Gasteiger partial charge in [-0.3, -0.25) is 0 Å². The maximum atomic E-state index is 6.50. The molecule has 0 saturated heterocycles. The van der Waals surface area contributed by atoms with Crippen molar-refractivity contribution in [1.82, 2.24) is 0 Å². The van der Waals surface area contributed by atoms with E-state index in [1.807, 2.05) is 0 Å². The summed E-state index contributed by atoms with van der Waals surface area (Å²) in [5.41, 5.74) is 13.7. The van der Waals surface area contributed by atoms with Gasteiger partial charge in [-0.15, -0.1) is 0 Å². The van der Waals surface area contributed by atoms with E-state index in [-0.39, 0.29) is 5.41 Å². The maximum Gasteiger partial charge on any atom is 0.135 e. The van der Waals surface area contributed by atoms with Crippen molar-refractivity contribution in [2.24, 2.45) is 0 Å². The second-order valence-electron chi connectivity index (χ2n) is 9.57. The van der Waals surface area contributed by atoms with Crippen LogP contribution in [0, 0.1) is 0 Å². The first-order valence-corrected chi connectivity index (χ1v) is 12.1. The van der Waals surface area contributed by atoms with Crippen LogP contribution in [-0.4, -0.2) is 0 Å². The maximum absolute atomic E-state index is 6.50. The van der Waals surface area contributed by atoms with Gasteiger partial charge in [0.25, 0.3) is 0 Å². The highest BCUT2D eigenvalue weighted by Crippen LogP contribution is 2.63. The summed E-state index contributed by atoms with van der Waals surface area (Å²) in [6, 6.07) is 38.2. The van der Waals surface area contributed by atoms with Crippen molar-refractivity contribution in [2.75, 3.05) is 0 Å². The van der Waals surface area contributed by atoms with Gasteiger partial charge in [0.1, 0.15) is 11.2 Å². The Hall–Kier alpha value is -4.10. The first-order valence-electron chi connectivity index (χ1n) is 12.1. The van der Waals surface area contributed by atoms with Gasteiger partial charge in [0.15, 0.2) is 0 Å². The highest BCUT2D eigenvalue weighted by atomic mass is 16.3. The number of aryl methyl sites for hydroxylation is 1. The molecule has 2 aliphatic carbocycles. The number of hydrogen-bond acceptors (Lipinski definition) is 1. The lowest BCUT2D eigenvalue weighted by Gasteiger charge is -2.30. The molecule has 0 N–H and O–H groups in total. The molecule has 1 heteroatoms. The standard InChI is InChI=1S/C33H22O/c1-2-20-15-16-24-26-18-25-23-11-5-8-14-29(23)33(30(25)19-32(26)34-31(24)17-20)27-12-6-3-9-21(27)22-10-4-7-13-28(22)33/h3-19H,2H2,1H3. The van der Waals surface area contributed by atoms with Crippen LogP contribution in [0.25, 0.3) is 44.2 Å². The van der Waals surface area contributed by atoms with E-state index in [4.69, 9.17) is 4.42 Å². The quantitative estimate of drug-likeness (QED) is 0.252. The van der Waals surface area contributed by atoms with Crippen LogP contribution >= 0.6 is 0 Å². The average Bonchev–Trinajstić information content (AvgIpc) is 3.50. The predicted octanol–water partition coefficient (Wildman–Crippen LogP) is 8.49. The van der Waals surface area contributed by atoms with E-state index in [1.165, 1.54) is 60.8 Å².